The van der Waals surface area contributed by atoms with E-state index in [1.54, 1.807) is 0 Å². The first kappa shape index (κ1) is 21.1. The molecule has 0 bridgehead atoms. The number of carbonyl (C=O) groups excluding carboxylic acids is 1. The molecule has 1 unspecified atom stereocenters. The van der Waals surface area contributed by atoms with Crippen LogP contribution in [0.25, 0.3) is 0 Å². The summed E-state index contributed by atoms with van der Waals surface area (Å²) in [6.45, 7) is 0. The van der Waals surface area contributed by atoms with Gasteiger partial charge in [-0.1, -0.05) is 48.5 Å². The topological polar surface area (TPSA) is 54.4 Å². The summed E-state index contributed by atoms with van der Waals surface area (Å²) in [7, 11) is 0. The molecular weight excluding hydrogens is 381 g/mol. The predicted molar refractivity (Wildman–Crippen MR) is 102 cm³/mol. The van der Waals surface area contributed by atoms with Gasteiger partial charge in [0.15, 0.2) is 0 Å². The van der Waals surface area contributed by atoms with Crippen LogP contribution in [0.15, 0.2) is 54.6 Å². The zero-order valence-electron chi connectivity index (χ0n) is 15.9. The molecule has 0 aliphatic heterocycles. The summed E-state index contributed by atoms with van der Waals surface area (Å²) in [5.74, 6) is -2.98. The van der Waals surface area contributed by atoms with Crippen LogP contribution in [0.2, 0.25) is 0 Å². The quantitative estimate of drug-likeness (QED) is 0.648. The number of hydrogen-bond donors (Lipinski definition) is 1. The lowest BCUT2D eigenvalue weighted by Crippen LogP contribution is -2.33. The molecule has 1 atom stereocenters. The molecule has 29 heavy (non-hydrogen) atoms. The summed E-state index contributed by atoms with van der Waals surface area (Å²) in [6.07, 6.45) is -1.92. The normalized spacial score (nSPS) is 20.8. The Hall–Kier alpha value is -2.63. The van der Waals surface area contributed by atoms with Gasteiger partial charge in [-0.3, -0.25) is 9.59 Å². The molecule has 3 rings (SSSR count). The zero-order valence-corrected chi connectivity index (χ0v) is 15.9. The molecule has 3 nitrogen and oxygen atoms in total. The van der Waals surface area contributed by atoms with E-state index >= 15 is 0 Å². The Morgan fingerprint density at radius 2 is 1.62 bits per heavy atom. The SMILES string of the molecule is O=C(O)C(Cc1cccc(C(F)(F)F)c1)C(=O)[C@H]1CC[C@H](c2ccccc2)CC1. The molecule has 1 saturated carbocycles. The minimum Gasteiger partial charge on any atom is -0.481 e. The maximum atomic E-state index is 12.9. The van der Waals surface area contributed by atoms with E-state index in [0.29, 0.717) is 18.8 Å². The van der Waals surface area contributed by atoms with Crippen LogP contribution >= 0.6 is 0 Å². The van der Waals surface area contributed by atoms with Crippen LogP contribution in [0.3, 0.4) is 0 Å². The number of halogens is 3. The average Bonchev–Trinajstić information content (AvgIpc) is 2.72. The minimum atomic E-state index is -4.51. The molecule has 1 N–H and O–H groups in total. The first-order valence-corrected chi connectivity index (χ1v) is 9.73. The highest BCUT2D eigenvalue weighted by atomic mass is 19.4. The smallest absolute Gasteiger partial charge is 0.416 e. The Kier molecular flexibility index (Phi) is 6.40. The van der Waals surface area contributed by atoms with Crippen molar-refractivity contribution >= 4 is 11.8 Å². The van der Waals surface area contributed by atoms with Gasteiger partial charge in [-0.2, -0.15) is 13.2 Å². The monoisotopic (exact) mass is 404 g/mol. The Bertz CT molecular complexity index is 853. The standard InChI is InChI=1S/C23H23F3O3/c24-23(25,26)19-8-4-5-15(13-19)14-20(22(28)29)21(27)18-11-9-17(10-12-18)16-6-2-1-3-7-16/h1-8,13,17-18,20H,9-12,14H2,(H,28,29)/t17-,18-,20?. The van der Waals surface area contributed by atoms with E-state index in [1.165, 1.54) is 17.7 Å². The maximum absolute atomic E-state index is 12.9. The third-order valence-electron chi connectivity index (χ3n) is 5.74. The summed E-state index contributed by atoms with van der Waals surface area (Å²) in [4.78, 5) is 24.6. The number of aliphatic carboxylic acids is 1. The van der Waals surface area contributed by atoms with Gasteiger partial charge >= 0.3 is 12.1 Å². The lowest BCUT2D eigenvalue weighted by atomic mass is 9.74. The molecule has 154 valence electrons. The molecule has 2 aromatic carbocycles. The molecule has 1 fully saturated rings. The van der Waals surface area contributed by atoms with Crippen LogP contribution in [0, 0.1) is 11.8 Å². The van der Waals surface area contributed by atoms with Crippen molar-refractivity contribution in [1.29, 1.82) is 0 Å². The fraction of sp³-hybridized carbons (Fsp3) is 0.391. The van der Waals surface area contributed by atoms with Crippen LogP contribution in [-0.4, -0.2) is 16.9 Å². The van der Waals surface area contributed by atoms with Gasteiger partial charge in [0, 0.05) is 5.92 Å². The second-order valence-corrected chi connectivity index (χ2v) is 7.65. The van der Waals surface area contributed by atoms with Gasteiger partial charge in [-0.05, 0) is 55.2 Å². The maximum Gasteiger partial charge on any atom is 0.416 e. The predicted octanol–water partition coefficient (Wildman–Crippen LogP) is 5.49. The molecule has 1 aliphatic rings. The lowest BCUT2D eigenvalue weighted by Gasteiger charge is -2.29. The number of Topliss-reactive ketones (excluding diaryl/α,β-unsaturated/α-hetero) is 1. The fourth-order valence-electron chi connectivity index (χ4n) is 4.14. The molecule has 6 heteroatoms. The van der Waals surface area contributed by atoms with E-state index in [1.807, 2.05) is 18.2 Å². The van der Waals surface area contributed by atoms with Gasteiger partial charge in [-0.15, -0.1) is 0 Å². The van der Waals surface area contributed by atoms with E-state index in [2.05, 4.69) is 12.1 Å². The fourth-order valence-corrected chi connectivity index (χ4v) is 4.14. The van der Waals surface area contributed by atoms with Gasteiger partial charge in [0.1, 0.15) is 11.7 Å². The number of ketones is 1. The van der Waals surface area contributed by atoms with Crippen molar-refractivity contribution in [2.75, 3.05) is 0 Å². The molecule has 0 aromatic heterocycles. The van der Waals surface area contributed by atoms with Gasteiger partial charge in [-0.25, -0.2) is 0 Å². The van der Waals surface area contributed by atoms with E-state index in [-0.39, 0.29) is 23.7 Å². The van der Waals surface area contributed by atoms with Crippen molar-refractivity contribution < 1.29 is 27.9 Å². The van der Waals surface area contributed by atoms with E-state index in [9.17, 15) is 27.9 Å². The first-order chi connectivity index (χ1) is 13.8. The van der Waals surface area contributed by atoms with Crippen LogP contribution in [-0.2, 0) is 22.2 Å². The second kappa shape index (κ2) is 8.80. The first-order valence-electron chi connectivity index (χ1n) is 9.73. The molecule has 0 heterocycles. The summed E-state index contributed by atoms with van der Waals surface area (Å²) in [5.41, 5.74) is 0.589. The molecule has 0 spiro atoms. The summed E-state index contributed by atoms with van der Waals surface area (Å²) < 4.78 is 38.7. The largest absolute Gasteiger partial charge is 0.481 e. The Balaban J connectivity index is 1.67. The number of carboxylic acid groups (broad SMARTS) is 1. The Morgan fingerprint density at radius 3 is 2.21 bits per heavy atom. The summed E-state index contributed by atoms with van der Waals surface area (Å²) in [6, 6.07) is 14.5. The average molecular weight is 404 g/mol. The van der Waals surface area contributed by atoms with Crippen molar-refractivity contribution in [1.82, 2.24) is 0 Å². The number of rotatable bonds is 6. The third-order valence-corrected chi connectivity index (χ3v) is 5.74. The van der Waals surface area contributed by atoms with Gasteiger partial charge in [0.25, 0.3) is 0 Å². The van der Waals surface area contributed by atoms with Gasteiger partial charge in [0.2, 0.25) is 0 Å². The second-order valence-electron chi connectivity index (χ2n) is 7.65. The summed E-state index contributed by atoms with van der Waals surface area (Å²) >= 11 is 0. The van der Waals surface area contributed by atoms with Crippen molar-refractivity contribution in [3.8, 4) is 0 Å². The van der Waals surface area contributed by atoms with Crippen molar-refractivity contribution in [2.45, 2.75) is 44.2 Å². The highest BCUT2D eigenvalue weighted by Crippen LogP contribution is 2.37. The highest BCUT2D eigenvalue weighted by molar-refractivity contribution is 5.99. The van der Waals surface area contributed by atoms with Crippen LogP contribution < -0.4 is 0 Å². The summed E-state index contributed by atoms with van der Waals surface area (Å²) in [5, 5.41) is 9.55. The Morgan fingerprint density at radius 1 is 0.966 bits per heavy atom. The minimum absolute atomic E-state index is 0.207. The van der Waals surface area contributed by atoms with Crippen LogP contribution in [0.1, 0.15) is 48.3 Å². The van der Waals surface area contributed by atoms with E-state index in [0.717, 1.165) is 25.0 Å². The van der Waals surface area contributed by atoms with Crippen molar-refractivity contribution in [3.05, 3.63) is 71.3 Å². The van der Waals surface area contributed by atoms with E-state index in [4.69, 9.17) is 0 Å². The van der Waals surface area contributed by atoms with Gasteiger partial charge < -0.3 is 5.11 Å². The highest BCUT2D eigenvalue weighted by Gasteiger charge is 2.36. The van der Waals surface area contributed by atoms with E-state index < -0.39 is 23.6 Å². The van der Waals surface area contributed by atoms with Crippen LogP contribution in [0.5, 0.6) is 0 Å². The molecule has 0 saturated heterocycles. The number of benzene rings is 2. The number of carbonyl (C=O) groups is 2. The molecule has 2 aromatic rings. The van der Waals surface area contributed by atoms with Gasteiger partial charge in [0.05, 0.1) is 5.56 Å². The number of alkyl halides is 3. The number of carboxylic acids is 1. The third kappa shape index (κ3) is 5.25. The Labute approximate surface area is 167 Å². The molecule has 1 aliphatic carbocycles. The molecule has 0 radical (unpaired) electrons. The van der Waals surface area contributed by atoms with Crippen molar-refractivity contribution in [3.63, 3.8) is 0 Å². The van der Waals surface area contributed by atoms with Crippen molar-refractivity contribution in [2.24, 2.45) is 11.8 Å². The molecule has 0 amide bonds. The van der Waals surface area contributed by atoms with Crippen LogP contribution in [0.4, 0.5) is 13.2 Å². The lowest BCUT2D eigenvalue weighted by molar-refractivity contribution is -0.147. The number of hydrogen-bond acceptors (Lipinski definition) is 2. The zero-order chi connectivity index (χ0) is 21.0. The molecular formula is C23H23F3O3.